The van der Waals surface area contributed by atoms with Crippen LogP contribution in [0.1, 0.15) is 37.2 Å². The summed E-state index contributed by atoms with van der Waals surface area (Å²) in [6, 6.07) is 5.45. The van der Waals surface area contributed by atoms with Gasteiger partial charge in [-0.1, -0.05) is 12.1 Å². The van der Waals surface area contributed by atoms with Crippen molar-refractivity contribution in [1.29, 1.82) is 0 Å². The fraction of sp³-hybridized carbons (Fsp3) is 0.500. The Morgan fingerprint density at radius 1 is 1.12 bits per heavy atom. The third kappa shape index (κ3) is 2.10. The maximum absolute atomic E-state index is 13.0. The Morgan fingerprint density at radius 2 is 1.75 bits per heavy atom. The summed E-state index contributed by atoms with van der Waals surface area (Å²) in [5.74, 6) is -2.37. The summed E-state index contributed by atoms with van der Waals surface area (Å²) in [4.78, 5) is 0. The molecule has 88 valence electrons. The summed E-state index contributed by atoms with van der Waals surface area (Å²) in [5, 5.41) is 0. The van der Waals surface area contributed by atoms with E-state index in [1.807, 2.05) is 12.1 Å². The summed E-state index contributed by atoms with van der Waals surface area (Å²) in [6.45, 7) is 0. The van der Waals surface area contributed by atoms with Gasteiger partial charge in [0.15, 0.2) is 0 Å². The van der Waals surface area contributed by atoms with Crippen LogP contribution >= 0.6 is 0 Å². The van der Waals surface area contributed by atoms with E-state index >= 15 is 0 Å². The molecule has 4 heteroatoms. The largest absolute Gasteiger partial charge is 0.397 e. The molecule has 0 aromatic heterocycles. The highest BCUT2D eigenvalue weighted by atomic mass is 19.3. The van der Waals surface area contributed by atoms with E-state index in [1.165, 1.54) is 0 Å². The highest BCUT2D eigenvalue weighted by Crippen LogP contribution is 2.43. The molecule has 1 saturated carbocycles. The lowest BCUT2D eigenvalue weighted by Gasteiger charge is -2.29. The molecule has 0 bridgehead atoms. The van der Waals surface area contributed by atoms with Crippen LogP contribution in [-0.2, 0) is 0 Å². The van der Waals surface area contributed by atoms with Crippen LogP contribution in [0.5, 0.6) is 0 Å². The van der Waals surface area contributed by atoms with E-state index in [9.17, 15) is 8.78 Å². The number of halogens is 2. The quantitative estimate of drug-likeness (QED) is 0.723. The second-order valence-electron chi connectivity index (χ2n) is 4.48. The standard InChI is InChI=1S/C12H16F2N2/c13-12(14)6-4-8(5-7-12)9-2-1-3-10(15)11(9)16/h1-3,8H,4-7,15-16H2. The van der Waals surface area contributed by atoms with Crippen molar-refractivity contribution in [3.63, 3.8) is 0 Å². The van der Waals surface area contributed by atoms with Gasteiger partial charge < -0.3 is 11.5 Å². The highest BCUT2D eigenvalue weighted by molar-refractivity contribution is 5.68. The van der Waals surface area contributed by atoms with Crippen molar-refractivity contribution in [2.75, 3.05) is 11.5 Å². The topological polar surface area (TPSA) is 52.0 Å². The Labute approximate surface area is 93.6 Å². The summed E-state index contributed by atoms with van der Waals surface area (Å²) in [5.41, 5.74) is 13.6. The van der Waals surface area contributed by atoms with E-state index in [1.54, 1.807) is 6.07 Å². The van der Waals surface area contributed by atoms with E-state index in [4.69, 9.17) is 11.5 Å². The van der Waals surface area contributed by atoms with E-state index in [0.717, 1.165) is 5.56 Å². The van der Waals surface area contributed by atoms with Gasteiger partial charge in [-0.3, -0.25) is 0 Å². The van der Waals surface area contributed by atoms with Gasteiger partial charge in [-0.05, 0) is 30.4 Å². The molecule has 1 aromatic carbocycles. The zero-order chi connectivity index (χ0) is 11.8. The van der Waals surface area contributed by atoms with Crippen LogP contribution in [-0.4, -0.2) is 5.92 Å². The first kappa shape index (κ1) is 11.2. The molecule has 0 saturated heterocycles. The zero-order valence-electron chi connectivity index (χ0n) is 9.05. The van der Waals surface area contributed by atoms with Gasteiger partial charge in [0, 0.05) is 12.8 Å². The highest BCUT2D eigenvalue weighted by Gasteiger charge is 2.35. The Hall–Kier alpha value is -1.32. The van der Waals surface area contributed by atoms with Gasteiger partial charge in [0.2, 0.25) is 5.92 Å². The molecule has 0 atom stereocenters. The summed E-state index contributed by atoms with van der Waals surface area (Å²) in [6.07, 6.45) is 0.874. The van der Waals surface area contributed by atoms with Crippen LogP contribution in [0.25, 0.3) is 0 Å². The van der Waals surface area contributed by atoms with Crippen molar-refractivity contribution in [1.82, 2.24) is 0 Å². The average Bonchev–Trinajstić information content (AvgIpc) is 2.23. The van der Waals surface area contributed by atoms with Crippen molar-refractivity contribution in [2.24, 2.45) is 0 Å². The van der Waals surface area contributed by atoms with E-state index in [0.29, 0.717) is 24.2 Å². The van der Waals surface area contributed by atoms with Gasteiger partial charge in [-0.15, -0.1) is 0 Å². The van der Waals surface area contributed by atoms with Crippen LogP contribution in [0.2, 0.25) is 0 Å². The Morgan fingerprint density at radius 3 is 2.38 bits per heavy atom. The molecule has 0 amide bonds. The van der Waals surface area contributed by atoms with Gasteiger partial charge in [-0.2, -0.15) is 0 Å². The van der Waals surface area contributed by atoms with Crippen LogP contribution < -0.4 is 11.5 Å². The third-order valence-corrected chi connectivity index (χ3v) is 3.33. The fourth-order valence-electron chi connectivity index (χ4n) is 2.31. The van der Waals surface area contributed by atoms with Crippen LogP contribution in [0, 0.1) is 0 Å². The molecule has 1 aliphatic carbocycles. The summed E-state index contributed by atoms with van der Waals surface area (Å²) in [7, 11) is 0. The number of hydrogen-bond acceptors (Lipinski definition) is 2. The average molecular weight is 226 g/mol. The van der Waals surface area contributed by atoms with Gasteiger partial charge in [0.05, 0.1) is 11.4 Å². The van der Waals surface area contributed by atoms with E-state index < -0.39 is 5.92 Å². The lowest BCUT2D eigenvalue weighted by atomic mass is 9.81. The van der Waals surface area contributed by atoms with Crippen LogP contribution in [0.4, 0.5) is 20.2 Å². The number of para-hydroxylation sites is 1. The minimum absolute atomic E-state index is 0.0497. The number of nitrogens with two attached hydrogens (primary N) is 2. The molecule has 0 radical (unpaired) electrons. The number of hydrogen-bond donors (Lipinski definition) is 2. The predicted molar refractivity (Wildman–Crippen MR) is 61.4 cm³/mol. The zero-order valence-corrected chi connectivity index (χ0v) is 9.05. The lowest BCUT2D eigenvalue weighted by molar-refractivity contribution is -0.0381. The molecule has 1 aromatic rings. The molecule has 0 spiro atoms. The first-order valence-electron chi connectivity index (χ1n) is 5.51. The molecular formula is C12H16F2N2. The second kappa shape index (κ2) is 3.92. The molecule has 16 heavy (non-hydrogen) atoms. The molecule has 4 N–H and O–H groups in total. The minimum Gasteiger partial charge on any atom is -0.397 e. The van der Waals surface area contributed by atoms with Gasteiger partial charge in [-0.25, -0.2) is 8.78 Å². The smallest absolute Gasteiger partial charge is 0.248 e. The van der Waals surface area contributed by atoms with Crippen molar-refractivity contribution in [3.8, 4) is 0 Å². The number of anilines is 2. The van der Waals surface area contributed by atoms with Crippen molar-refractivity contribution < 1.29 is 8.78 Å². The Balaban J connectivity index is 2.17. The monoisotopic (exact) mass is 226 g/mol. The number of nitrogen functional groups attached to an aromatic ring is 2. The molecule has 2 rings (SSSR count). The van der Waals surface area contributed by atoms with Crippen molar-refractivity contribution in [3.05, 3.63) is 23.8 Å². The fourth-order valence-corrected chi connectivity index (χ4v) is 2.31. The molecule has 0 heterocycles. The maximum atomic E-state index is 13.0. The molecule has 0 aliphatic heterocycles. The lowest BCUT2D eigenvalue weighted by Crippen LogP contribution is -2.24. The molecular weight excluding hydrogens is 210 g/mol. The van der Waals surface area contributed by atoms with Crippen molar-refractivity contribution >= 4 is 11.4 Å². The number of alkyl halides is 2. The predicted octanol–water partition coefficient (Wildman–Crippen LogP) is 3.14. The SMILES string of the molecule is Nc1cccc(C2CCC(F)(F)CC2)c1N. The number of rotatable bonds is 1. The maximum Gasteiger partial charge on any atom is 0.248 e. The summed E-state index contributed by atoms with van der Waals surface area (Å²) >= 11 is 0. The molecule has 1 fully saturated rings. The molecule has 2 nitrogen and oxygen atoms in total. The molecule has 1 aliphatic rings. The van der Waals surface area contributed by atoms with Crippen LogP contribution in [0.3, 0.4) is 0 Å². The van der Waals surface area contributed by atoms with Crippen LogP contribution in [0.15, 0.2) is 18.2 Å². The normalized spacial score (nSPS) is 20.9. The third-order valence-electron chi connectivity index (χ3n) is 3.33. The van der Waals surface area contributed by atoms with Crippen molar-refractivity contribution in [2.45, 2.75) is 37.5 Å². The minimum atomic E-state index is -2.49. The Kier molecular flexibility index (Phi) is 2.74. The Bertz CT molecular complexity index is 381. The second-order valence-corrected chi connectivity index (χ2v) is 4.48. The van der Waals surface area contributed by atoms with E-state index in [2.05, 4.69) is 0 Å². The van der Waals surface area contributed by atoms with Gasteiger partial charge in [0.25, 0.3) is 0 Å². The molecule has 0 unspecified atom stereocenters. The summed E-state index contributed by atoms with van der Waals surface area (Å²) < 4.78 is 26.0. The van der Waals surface area contributed by atoms with Gasteiger partial charge in [0.1, 0.15) is 0 Å². The van der Waals surface area contributed by atoms with E-state index in [-0.39, 0.29) is 18.8 Å². The van der Waals surface area contributed by atoms with Gasteiger partial charge >= 0.3 is 0 Å². The first-order chi connectivity index (χ1) is 7.49. The first-order valence-corrected chi connectivity index (χ1v) is 5.51. The number of benzene rings is 1.